The number of carboxylic acid groups (broad SMARTS) is 1. The Morgan fingerprint density at radius 1 is 1.24 bits per heavy atom. The fourth-order valence-corrected chi connectivity index (χ4v) is 1.44. The van der Waals surface area contributed by atoms with Crippen molar-refractivity contribution in [2.24, 2.45) is 5.73 Å². The zero-order valence-corrected chi connectivity index (χ0v) is 10.7. The maximum Gasteiger partial charge on any atom is 0.326 e. The van der Waals surface area contributed by atoms with Crippen LogP contribution in [0.1, 0.15) is 12.8 Å². The fraction of sp³-hybridized carbons (Fsp3) is 0.250. The van der Waals surface area contributed by atoms with Crippen LogP contribution in [0.5, 0.6) is 0 Å². The Labute approximate surface area is 118 Å². The first-order valence-electron chi connectivity index (χ1n) is 5.83. The molecule has 7 nitrogen and oxygen atoms in total. The van der Waals surface area contributed by atoms with Gasteiger partial charge >= 0.3 is 12.0 Å². The standard InChI is InChI=1S/C12H13F2N3O4/c13-7-2-1-6(5-8(7)14)16-12(21)17-9(11(19)20)3-4-10(15)18/h1-2,5,9H,3-4H2,(H2,15,18)(H,19,20)(H2,16,17,21)/t9-/m1/s1. The minimum absolute atomic E-state index is 0.0505. The minimum Gasteiger partial charge on any atom is -0.480 e. The highest BCUT2D eigenvalue weighted by Gasteiger charge is 2.20. The van der Waals surface area contributed by atoms with Gasteiger partial charge in [-0.1, -0.05) is 0 Å². The van der Waals surface area contributed by atoms with Crippen LogP contribution in [0.4, 0.5) is 19.3 Å². The van der Waals surface area contributed by atoms with Gasteiger partial charge in [0.15, 0.2) is 11.6 Å². The van der Waals surface area contributed by atoms with Gasteiger partial charge in [-0.15, -0.1) is 0 Å². The van der Waals surface area contributed by atoms with Crippen molar-refractivity contribution >= 4 is 23.6 Å². The molecule has 0 radical (unpaired) electrons. The van der Waals surface area contributed by atoms with Crippen LogP contribution in [0.3, 0.4) is 0 Å². The van der Waals surface area contributed by atoms with Gasteiger partial charge in [0.25, 0.3) is 0 Å². The molecule has 0 bridgehead atoms. The first-order valence-corrected chi connectivity index (χ1v) is 5.83. The third-order valence-corrected chi connectivity index (χ3v) is 2.46. The lowest BCUT2D eigenvalue weighted by Gasteiger charge is -2.14. The van der Waals surface area contributed by atoms with Crippen molar-refractivity contribution in [1.82, 2.24) is 5.32 Å². The summed E-state index contributed by atoms with van der Waals surface area (Å²) in [7, 11) is 0. The van der Waals surface area contributed by atoms with Crippen molar-refractivity contribution in [3.63, 3.8) is 0 Å². The van der Waals surface area contributed by atoms with Gasteiger partial charge in [-0.3, -0.25) is 4.79 Å². The van der Waals surface area contributed by atoms with Crippen molar-refractivity contribution in [2.45, 2.75) is 18.9 Å². The number of urea groups is 1. The van der Waals surface area contributed by atoms with Crippen LogP contribution >= 0.6 is 0 Å². The maximum atomic E-state index is 12.9. The number of benzene rings is 1. The summed E-state index contributed by atoms with van der Waals surface area (Å²) in [5.41, 5.74) is 4.84. The number of anilines is 1. The van der Waals surface area contributed by atoms with E-state index in [0.29, 0.717) is 0 Å². The van der Waals surface area contributed by atoms with Gasteiger partial charge in [0.05, 0.1) is 0 Å². The van der Waals surface area contributed by atoms with E-state index in [-0.39, 0.29) is 18.5 Å². The van der Waals surface area contributed by atoms with E-state index in [0.717, 1.165) is 18.2 Å². The van der Waals surface area contributed by atoms with Crippen molar-refractivity contribution in [3.05, 3.63) is 29.8 Å². The van der Waals surface area contributed by atoms with Crippen LogP contribution < -0.4 is 16.4 Å². The fourth-order valence-electron chi connectivity index (χ4n) is 1.44. The van der Waals surface area contributed by atoms with Crippen LogP contribution in [-0.2, 0) is 9.59 Å². The van der Waals surface area contributed by atoms with Gasteiger partial charge in [-0.05, 0) is 18.6 Å². The van der Waals surface area contributed by atoms with Crippen molar-refractivity contribution < 1.29 is 28.3 Å². The van der Waals surface area contributed by atoms with Crippen LogP contribution in [0.25, 0.3) is 0 Å². The number of rotatable bonds is 6. The lowest BCUT2D eigenvalue weighted by atomic mass is 10.1. The Hall–Kier alpha value is -2.71. The van der Waals surface area contributed by atoms with Crippen LogP contribution in [-0.4, -0.2) is 29.1 Å². The van der Waals surface area contributed by atoms with E-state index in [1.165, 1.54) is 0 Å². The minimum atomic E-state index is -1.35. The number of carboxylic acids is 1. The highest BCUT2D eigenvalue weighted by atomic mass is 19.2. The molecular weight excluding hydrogens is 288 g/mol. The second kappa shape index (κ2) is 7.17. The lowest BCUT2D eigenvalue weighted by Crippen LogP contribution is -2.43. The monoisotopic (exact) mass is 301 g/mol. The van der Waals surface area contributed by atoms with E-state index in [1.807, 2.05) is 0 Å². The number of carbonyl (C=O) groups excluding carboxylic acids is 2. The second-order valence-electron chi connectivity index (χ2n) is 4.12. The van der Waals surface area contributed by atoms with Crippen molar-refractivity contribution in [1.29, 1.82) is 0 Å². The summed E-state index contributed by atoms with van der Waals surface area (Å²) in [5.74, 6) is -4.29. The zero-order chi connectivity index (χ0) is 16.0. The SMILES string of the molecule is NC(=O)CC[C@@H](NC(=O)Nc1ccc(F)c(F)c1)C(=O)O. The summed E-state index contributed by atoms with van der Waals surface area (Å²) >= 11 is 0. The molecular formula is C12H13F2N3O4. The molecule has 0 spiro atoms. The normalized spacial score (nSPS) is 11.5. The summed E-state index contributed by atoms with van der Waals surface area (Å²) in [4.78, 5) is 33.0. The molecule has 114 valence electrons. The number of carbonyl (C=O) groups is 3. The number of hydrogen-bond acceptors (Lipinski definition) is 3. The molecule has 0 aliphatic rings. The summed E-state index contributed by atoms with van der Waals surface area (Å²) in [6.45, 7) is 0. The molecule has 1 aromatic rings. The number of amides is 3. The first-order chi connectivity index (χ1) is 9.79. The van der Waals surface area contributed by atoms with E-state index in [9.17, 15) is 23.2 Å². The Bertz CT molecular complexity index is 565. The highest BCUT2D eigenvalue weighted by molar-refractivity contribution is 5.92. The van der Waals surface area contributed by atoms with Gasteiger partial charge in [0.1, 0.15) is 6.04 Å². The average Bonchev–Trinajstić information content (AvgIpc) is 2.38. The lowest BCUT2D eigenvalue weighted by molar-refractivity contribution is -0.139. The maximum absolute atomic E-state index is 12.9. The van der Waals surface area contributed by atoms with E-state index >= 15 is 0 Å². The Balaban J connectivity index is 2.62. The van der Waals surface area contributed by atoms with Crippen LogP contribution in [0, 0.1) is 11.6 Å². The number of primary amides is 1. The Kier molecular flexibility index (Phi) is 5.58. The van der Waals surface area contributed by atoms with E-state index in [1.54, 1.807) is 0 Å². The van der Waals surface area contributed by atoms with E-state index in [2.05, 4.69) is 10.6 Å². The van der Waals surface area contributed by atoms with Crippen molar-refractivity contribution in [2.75, 3.05) is 5.32 Å². The third-order valence-electron chi connectivity index (χ3n) is 2.46. The number of nitrogens with one attached hydrogen (secondary N) is 2. The summed E-state index contributed by atoms with van der Waals surface area (Å²) in [5, 5.41) is 13.1. The highest BCUT2D eigenvalue weighted by Crippen LogP contribution is 2.13. The average molecular weight is 301 g/mol. The topological polar surface area (TPSA) is 122 Å². The number of nitrogens with two attached hydrogens (primary N) is 1. The van der Waals surface area contributed by atoms with E-state index < -0.39 is 35.6 Å². The predicted octanol–water partition coefficient (Wildman–Crippen LogP) is 0.805. The van der Waals surface area contributed by atoms with Gasteiger partial charge < -0.3 is 21.5 Å². The molecule has 0 saturated carbocycles. The smallest absolute Gasteiger partial charge is 0.326 e. The Morgan fingerprint density at radius 3 is 2.43 bits per heavy atom. The summed E-state index contributed by atoms with van der Waals surface area (Å²) < 4.78 is 25.6. The summed E-state index contributed by atoms with van der Waals surface area (Å²) in [6, 6.07) is 0.401. The first kappa shape index (κ1) is 16.3. The van der Waals surface area contributed by atoms with Crippen molar-refractivity contribution in [3.8, 4) is 0 Å². The molecule has 1 atom stereocenters. The molecule has 0 heterocycles. The van der Waals surface area contributed by atoms with Crippen LogP contribution in [0.2, 0.25) is 0 Å². The predicted molar refractivity (Wildman–Crippen MR) is 68.4 cm³/mol. The quantitative estimate of drug-likeness (QED) is 0.621. The molecule has 0 aliphatic carbocycles. The van der Waals surface area contributed by atoms with Gasteiger partial charge in [0.2, 0.25) is 5.91 Å². The van der Waals surface area contributed by atoms with Gasteiger partial charge in [-0.25, -0.2) is 18.4 Å². The summed E-state index contributed by atoms with van der Waals surface area (Å²) in [6.07, 6.45) is -0.404. The van der Waals surface area contributed by atoms with Gasteiger partial charge in [-0.2, -0.15) is 0 Å². The molecule has 1 aromatic carbocycles. The molecule has 1 rings (SSSR count). The molecule has 9 heteroatoms. The molecule has 5 N–H and O–H groups in total. The number of hydrogen-bond donors (Lipinski definition) is 4. The number of aliphatic carboxylic acids is 1. The zero-order valence-electron chi connectivity index (χ0n) is 10.7. The molecule has 0 saturated heterocycles. The van der Waals surface area contributed by atoms with E-state index in [4.69, 9.17) is 10.8 Å². The van der Waals surface area contributed by atoms with Crippen LogP contribution in [0.15, 0.2) is 18.2 Å². The second-order valence-corrected chi connectivity index (χ2v) is 4.12. The molecule has 21 heavy (non-hydrogen) atoms. The van der Waals surface area contributed by atoms with Gasteiger partial charge in [0, 0.05) is 18.2 Å². The molecule has 3 amide bonds. The number of halogens is 2. The molecule has 0 aromatic heterocycles. The molecule has 0 fully saturated rings. The third kappa shape index (κ3) is 5.43. The Morgan fingerprint density at radius 2 is 1.90 bits per heavy atom. The largest absolute Gasteiger partial charge is 0.480 e. The molecule has 0 aliphatic heterocycles. The molecule has 0 unspecified atom stereocenters.